The fourth-order valence-electron chi connectivity index (χ4n) is 3.08. The van der Waals surface area contributed by atoms with Crippen molar-refractivity contribution in [2.75, 3.05) is 0 Å². The third kappa shape index (κ3) is 1.86. The summed E-state index contributed by atoms with van der Waals surface area (Å²) in [5, 5.41) is 14.6. The topological polar surface area (TPSA) is 38.0 Å². The maximum absolute atomic E-state index is 14.2. The van der Waals surface area contributed by atoms with Crippen molar-refractivity contribution in [2.45, 2.75) is 37.6 Å². The number of aromatic nitrogens is 2. The maximum Gasteiger partial charge on any atom is 0.144 e. The van der Waals surface area contributed by atoms with Crippen LogP contribution in [0.15, 0.2) is 36.4 Å². The summed E-state index contributed by atoms with van der Waals surface area (Å²) in [5.74, 6) is 0.318. The smallest absolute Gasteiger partial charge is 0.144 e. The lowest BCUT2D eigenvalue weighted by atomic mass is 10.0. The Bertz CT molecular complexity index is 621. The van der Waals surface area contributed by atoms with E-state index in [1.807, 2.05) is 30.3 Å². The van der Waals surface area contributed by atoms with E-state index >= 15 is 0 Å². The van der Waals surface area contributed by atoms with E-state index in [0.29, 0.717) is 23.7 Å². The molecule has 1 fully saturated rings. The Kier molecular flexibility index (Phi) is 2.67. The van der Waals surface area contributed by atoms with Gasteiger partial charge in [-0.15, -0.1) is 0 Å². The molecule has 2 heterocycles. The third-order valence-electron chi connectivity index (χ3n) is 4.39. The van der Waals surface area contributed by atoms with Gasteiger partial charge in [0.15, 0.2) is 0 Å². The van der Waals surface area contributed by atoms with Crippen LogP contribution < -0.4 is 0 Å². The van der Waals surface area contributed by atoms with Gasteiger partial charge in [0, 0.05) is 6.42 Å². The SMILES string of the molecule is O[C@@H](c1cc2n(n1)[C@@H](c1ccccc1)C[C@H]2F)C1CC1. The summed E-state index contributed by atoms with van der Waals surface area (Å²) in [6, 6.07) is 11.6. The molecule has 1 aliphatic carbocycles. The van der Waals surface area contributed by atoms with Gasteiger partial charge in [0.1, 0.15) is 12.3 Å². The molecule has 4 rings (SSSR count). The first kappa shape index (κ1) is 12.1. The van der Waals surface area contributed by atoms with E-state index in [0.717, 1.165) is 18.4 Å². The molecule has 0 radical (unpaired) electrons. The van der Waals surface area contributed by atoms with Crippen molar-refractivity contribution in [3.63, 3.8) is 0 Å². The van der Waals surface area contributed by atoms with E-state index in [2.05, 4.69) is 5.10 Å². The number of benzene rings is 1. The molecule has 1 N–H and O–H groups in total. The number of halogens is 1. The molecule has 3 nitrogen and oxygen atoms in total. The highest BCUT2D eigenvalue weighted by Gasteiger charge is 2.37. The molecule has 1 aromatic carbocycles. The molecule has 4 heteroatoms. The highest BCUT2D eigenvalue weighted by molar-refractivity contribution is 5.28. The van der Waals surface area contributed by atoms with Crippen LogP contribution in [0, 0.1) is 5.92 Å². The molecule has 2 aliphatic rings. The number of aliphatic hydroxyl groups is 1. The van der Waals surface area contributed by atoms with Crippen molar-refractivity contribution >= 4 is 0 Å². The predicted molar refractivity (Wildman–Crippen MR) is 73.0 cm³/mol. The Morgan fingerprint density at radius 1 is 1.25 bits per heavy atom. The van der Waals surface area contributed by atoms with Gasteiger partial charge in [0.2, 0.25) is 0 Å². The Morgan fingerprint density at radius 2 is 2.00 bits per heavy atom. The number of hydrogen-bond acceptors (Lipinski definition) is 2. The molecular formula is C16H17FN2O. The predicted octanol–water partition coefficient (Wildman–Crippen LogP) is 3.33. The van der Waals surface area contributed by atoms with Crippen molar-refractivity contribution in [3.8, 4) is 0 Å². The first-order chi connectivity index (χ1) is 9.74. The number of hydrogen-bond donors (Lipinski definition) is 1. The zero-order chi connectivity index (χ0) is 13.7. The van der Waals surface area contributed by atoms with E-state index in [1.54, 1.807) is 10.7 Å². The number of rotatable bonds is 3. The molecule has 0 saturated heterocycles. The average molecular weight is 272 g/mol. The molecule has 0 unspecified atom stereocenters. The van der Waals surface area contributed by atoms with Gasteiger partial charge in [-0.1, -0.05) is 30.3 Å². The van der Waals surface area contributed by atoms with E-state index in [1.165, 1.54) is 0 Å². The van der Waals surface area contributed by atoms with Gasteiger partial charge in [-0.25, -0.2) is 4.39 Å². The van der Waals surface area contributed by atoms with Gasteiger partial charge >= 0.3 is 0 Å². The van der Waals surface area contributed by atoms with Crippen LogP contribution in [-0.2, 0) is 0 Å². The minimum Gasteiger partial charge on any atom is -0.386 e. The van der Waals surface area contributed by atoms with Gasteiger partial charge in [-0.05, 0) is 30.4 Å². The zero-order valence-corrected chi connectivity index (χ0v) is 11.1. The third-order valence-corrected chi connectivity index (χ3v) is 4.39. The number of fused-ring (bicyclic) bond motifs is 1. The largest absolute Gasteiger partial charge is 0.386 e. The van der Waals surface area contributed by atoms with Crippen molar-refractivity contribution < 1.29 is 9.50 Å². The number of nitrogens with zero attached hydrogens (tertiary/aromatic N) is 2. The summed E-state index contributed by atoms with van der Waals surface area (Å²) in [6.07, 6.45) is 1.01. The number of aliphatic hydroxyl groups excluding tert-OH is 1. The van der Waals surface area contributed by atoms with E-state index in [9.17, 15) is 9.50 Å². The summed E-state index contributed by atoms with van der Waals surface area (Å²) in [5.41, 5.74) is 2.31. The van der Waals surface area contributed by atoms with E-state index < -0.39 is 12.3 Å². The molecule has 1 aromatic heterocycles. The summed E-state index contributed by atoms with van der Waals surface area (Å²) >= 11 is 0. The first-order valence-electron chi connectivity index (χ1n) is 7.20. The van der Waals surface area contributed by atoms with Crippen LogP contribution in [0.25, 0.3) is 0 Å². The second kappa shape index (κ2) is 4.42. The van der Waals surface area contributed by atoms with Gasteiger partial charge in [-0.2, -0.15) is 5.10 Å². The lowest BCUT2D eigenvalue weighted by molar-refractivity contribution is 0.147. The number of alkyl halides is 1. The quantitative estimate of drug-likeness (QED) is 0.930. The molecule has 20 heavy (non-hydrogen) atoms. The molecule has 0 bridgehead atoms. The summed E-state index contributed by atoms with van der Waals surface area (Å²) in [6.45, 7) is 0. The van der Waals surface area contributed by atoms with Crippen LogP contribution in [0.1, 0.15) is 54.5 Å². The Hall–Kier alpha value is -1.68. The molecule has 0 amide bonds. The Balaban J connectivity index is 1.71. The molecule has 1 aliphatic heterocycles. The molecule has 0 spiro atoms. The Morgan fingerprint density at radius 3 is 2.70 bits per heavy atom. The average Bonchev–Trinajstić information content (AvgIpc) is 3.15. The summed E-state index contributed by atoms with van der Waals surface area (Å²) < 4.78 is 16.0. The lowest BCUT2D eigenvalue weighted by Crippen LogP contribution is -2.09. The fraction of sp³-hybridized carbons (Fsp3) is 0.438. The molecule has 3 atom stereocenters. The summed E-state index contributed by atoms with van der Waals surface area (Å²) in [7, 11) is 0. The van der Waals surface area contributed by atoms with Crippen molar-refractivity contribution in [1.29, 1.82) is 0 Å². The first-order valence-corrected chi connectivity index (χ1v) is 7.20. The van der Waals surface area contributed by atoms with Crippen molar-refractivity contribution in [3.05, 3.63) is 53.3 Å². The highest BCUT2D eigenvalue weighted by atomic mass is 19.1. The summed E-state index contributed by atoms with van der Waals surface area (Å²) in [4.78, 5) is 0. The van der Waals surface area contributed by atoms with Crippen LogP contribution in [0.4, 0.5) is 4.39 Å². The lowest BCUT2D eigenvalue weighted by Gasteiger charge is -2.13. The van der Waals surface area contributed by atoms with Gasteiger partial charge in [0.05, 0.1) is 17.4 Å². The maximum atomic E-state index is 14.2. The minimum atomic E-state index is -0.993. The molecular weight excluding hydrogens is 255 g/mol. The van der Waals surface area contributed by atoms with Crippen LogP contribution in [-0.4, -0.2) is 14.9 Å². The van der Waals surface area contributed by atoms with Crippen LogP contribution in [0.2, 0.25) is 0 Å². The van der Waals surface area contributed by atoms with Crippen LogP contribution >= 0.6 is 0 Å². The standard InChI is InChI=1S/C16H17FN2O/c17-12-8-14(10-4-2-1-3-5-10)19-15(12)9-13(18-19)16(20)11-6-7-11/h1-5,9,11-12,14,16,20H,6-8H2/t12-,14-,16-/m1/s1. The Labute approximate surface area is 117 Å². The monoisotopic (exact) mass is 272 g/mol. The van der Waals surface area contributed by atoms with Crippen LogP contribution in [0.3, 0.4) is 0 Å². The molecule has 104 valence electrons. The van der Waals surface area contributed by atoms with Crippen molar-refractivity contribution in [1.82, 2.24) is 9.78 Å². The van der Waals surface area contributed by atoms with Gasteiger partial charge in [0.25, 0.3) is 0 Å². The molecule has 1 saturated carbocycles. The van der Waals surface area contributed by atoms with Gasteiger partial charge in [-0.3, -0.25) is 4.68 Å². The van der Waals surface area contributed by atoms with E-state index in [-0.39, 0.29) is 6.04 Å². The molecule has 2 aromatic rings. The normalized spacial score (nSPS) is 26.5. The van der Waals surface area contributed by atoms with Crippen molar-refractivity contribution in [2.24, 2.45) is 5.92 Å². The minimum absolute atomic E-state index is 0.0543. The van der Waals surface area contributed by atoms with Gasteiger partial charge < -0.3 is 5.11 Å². The second-order valence-electron chi connectivity index (χ2n) is 5.85. The van der Waals surface area contributed by atoms with Crippen LogP contribution in [0.5, 0.6) is 0 Å². The fourth-order valence-corrected chi connectivity index (χ4v) is 3.08. The zero-order valence-electron chi connectivity index (χ0n) is 11.1. The highest BCUT2D eigenvalue weighted by Crippen LogP contribution is 2.44. The second-order valence-corrected chi connectivity index (χ2v) is 5.85. The van der Waals surface area contributed by atoms with E-state index in [4.69, 9.17) is 0 Å².